The van der Waals surface area contributed by atoms with Crippen LogP contribution in [0.5, 0.6) is 0 Å². The van der Waals surface area contributed by atoms with Crippen molar-refractivity contribution >= 4 is 27.3 Å². The Morgan fingerprint density at radius 1 is 1.50 bits per heavy atom. The highest BCUT2D eigenvalue weighted by Crippen LogP contribution is 2.28. The maximum Gasteiger partial charge on any atom is 0.258 e. The summed E-state index contributed by atoms with van der Waals surface area (Å²) in [6, 6.07) is 1.77. The first kappa shape index (κ1) is 11.8. The van der Waals surface area contributed by atoms with E-state index in [9.17, 15) is 0 Å². The van der Waals surface area contributed by atoms with Crippen LogP contribution in [0.2, 0.25) is 0 Å². The summed E-state index contributed by atoms with van der Waals surface area (Å²) in [6.45, 7) is 4.06. The zero-order valence-electron chi connectivity index (χ0n) is 8.98. The normalized spacial score (nSPS) is 13.3. The molecule has 1 atom stereocenters. The number of hydrogen-bond donors (Lipinski definition) is 1. The molecule has 0 saturated carbocycles. The van der Waals surface area contributed by atoms with Gasteiger partial charge in [0, 0.05) is 5.38 Å². The first-order valence-electron chi connectivity index (χ1n) is 4.91. The molecular weight excluding hydrogens is 290 g/mol. The van der Waals surface area contributed by atoms with E-state index < -0.39 is 0 Å². The Morgan fingerprint density at radius 3 is 2.81 bits per heavy atom. The fraction of sp³-hybridized carbons (Fsp3) is 0.400. The number of nitrogens with two attached hydrogens (primary N) is 1. The quantitative estimate of drug-likeness (QED) is 0.945. The highest BCUT2D eigenvalue weighted by atomic mass is 79.9. The number of hydrogen-bond acceptors (Lipinski definition) is 5. The van der Waals surface area contributed by atoms with Crippen LogP contribution in [0.4, 0.5) is 0 Å². The molecule has 0 aromatic carbocycles. The van der Waals surface area contributed by atoms with Gasteiger partial charge in [-0.25, -0.2) is 0 Å². The molecule has 2 aromatic heterocycles. The Kier molecular flexibility index (Phi) is 3.41. The van der Waals surface area contributed by atoms with E-state index >= 15 is 0 Å². The third-order valence-corrected chi connectivity index (χ3v) is 3.78. The molecule has 0 aliphatic carbocycles. The van der Waals surface area contributed by atoms with Crippen LogP contribution in [0.1, 0.15) is 25.7 Å². The van der Waals surface area contributed by atoms with Gasteiger partial charge in [-0.15, -0.1) is 11.3 Å². The van der Waals surface area contributed by atoms with E-state index in [4.69, 9.17) is 10.3 Å². The second kappa shape index (κ2) is 4.65. The molecule has 1 unspecified atom stereocenters. The lowest BCUT2D eigenvalue weighted by molar-refractivity contribution is 0.400. The highest BCUT2D eigenvalue weighted by molar-refractivity contribution is 9.11. The van der Waals surface area contributed by atoms with Crippen LogP contribution < -0.4 is 5.73 Å². The predicted molar refractivity (Wildman–Crippen MR) is 67.1 cm³/mol. The van der Waals surface area contributed by atoms with E-state index in [1.54, 1.807) is 11.3 Å². The lowest BCUT2D eigenvalue weighted by Crippen LogP contribution is -2.18. The fourth-order valence-corrected chi connectivity index (χ4v) is 2.34. The standard InChI is InChI=1S/C10H12BrN3OS/c1-5(2)8(12)9-13-10(15-14-9)6-3-7(11)16-4-6/h3-5,8H,12H2,1-2H3. The van der Waals surface area contributed by atoms with Crippen molar-refractivity contribution in [3.63, 3.8) is 0 Å². The van der Waals surface area contributed by atoms with Gasteiger partial charge in [0.15, 0.2) is 5.82 Å². The Labute approximate surface area is 106 Å². The molecule has 86 valence electrons. The molecule has 0 aliphatic rings. The first-order valence-corrected chi connectivity index (χ1v) is 6.59. The molecule has 0 fully saturated rings. The van der Waals surface area contributed by atoms with Gasteiger partial charge in [0.1, 0.15) is 0 Å². The molecular formula is C10H12BrN3OS. The van der Waals surface area contributed by atoms with E-state index in [0.717, 1.165) is 9.35 Å². The van der Waals surface area contributed by atoms with Crippen LogP contribution in [-0.2, 0) is 0 Å². The van der Waals surface area contributed by atoms with Crippen molar-refractivity contribution in [1.29, 1.82) is 0 Å². The summed E-state index contributed by atoms with van der Waals surface area (Å²) in [5.74, 6) is 1.38. The van der Waals surface area contributed by atoms with E-state index in [2.05, 4.69) is 26.1 Å². The SMILES string of the molecule is CC(C)C(N)c1noc(-c2csc(Br)c2)n1. The van der Waals surface area contributed by atoms with Crippen LogP contribution in [0.3, 0.4) is 0 Å². The molecule has 0 spiro atoms. The largest absolute Gasteiger partial charge is 0.334 e. The molecule has 0 saturated heterocycles. The molecule has 16 heavy (non-hydrogen) atoms. The van der Waals surface area contributed by atoms with Crippen molar-refractivity contribution in [3.8, 4) is 11.5 Å². The predicted octanol–water partition coefficient (Wildman–Crippen LogP) is 3.22. The van der Waals surface area contributed by atoms with Crippen molar-refractivity contribution < 1.29 is 4.52 Å². The summed E-state index contributed by atoms with van der Waals surface area (Å²) < 4.78 is 6.22. The van der Waals surface area contributed by atoms with E-state index in [1.807, 2.05) is 25.3 Å². The van der Waals surface area contributed by atoms with Crippen molar-refractivity contribution in [2.24, 2.45) is 11.7 Å². The maximum atomic E-state index is 5.94. The van der Waals surface area contributed by atoms with Crippen LogP contribution in [-0.4, -0.2) is 10.1 Å². The average Bonchev–Trinajstić information content (AvgIpc) is 2.84. The minimum absolute atomic E-state index is 0.181. The zero-order chi connectivity index (χ0) is 11.7. The second-order valence-electron chi connectivity index (χ2n) is 3.87. The maximum absolute atomic E-state index is 5.94. The van der Waals surface area contributed by atoms with Gasteiger partial charge in [0.2, 0.25) is 0 Å². The molecule has 0 aliphatic heterocycles. The lowest BCUT2D eigenvalue weighted by Gasteiger charge is -2.09. The molecule has 2 heterocycles. The van der Waals surface area contributed by atoms with Gasteiger partial charge >= 0.3 is 0 Å². The van der Waals surface area contributed by atoms with Gasteiger partial charge in [0.05, 0.1) is 15.4 Å². The molecule has 6 heteroatoms. The number of thiophene rings is 1. The van der Waals surface area contributed by atoms with Gasteiger partial charge in [-0.05, 0) is 27.9 Å². The summed E-state index contributed by atoms with van der Waals surface area (Å²) >= 11 is 4.97. The molecule has 0 radical (unpaired) electrons. The zero-order valence-corrected chi connectivity index (χ0v) is 11.4. The summed E-state index contributed by atoms with van der Waals surface area (Å²) in [6.07, 6.45) is 0. The smallest absolute Gasteiger partial charge is 0.258 e. The fourth-order valence-electron chi connectivity index (χ4n) is 1.21. The van der Waals surface area contributed by atoms with Crippen LogP contribution >= 0.6 is 27.3 Å². The van der Waals surface area contributed by atoms with Crippen LogP contribution in [0, 0.1) is 5.92 Å². The summed E-state index contributed by atoms with van der Waals surface area (Å²) in [7, 11) is 0. The van der Waals surface area contributed by atoms with Crippen molar-refractivity contribution in [2.45, 2.75) is 19.9 Å². The number of nitrogens with zero attached hydrogens (tertiary/aromatic N) is 2. The topological polar surface area (TPSA) is 64.9 Å². The van der Waals surface area contributed by atoms with Crippen LogP contribution in [0.15, 0.2) is 19.8 Å². The molecule has 4 nitrogen and oxygen atoms in total. The van der Waals surface area contributed by atoms with Gasteiger partial charge in [-0.2, -0.15) is 4.98 Å². The minimum atomic E-state index is -0.181. The van der Waals surface area contributed by atoms with Gasteiger partial charge in [-0.1, -0.05) is 19.0 Å². The Balaban J connectivity index is 2.26. The summed E-state index contributed by atoms with van der Waals surface area (Å²) in [4.78, 5) is 4.30. The van der Waals surface area contributed by atoms with Gasteiger partial charge in [0.25, 0.3) is 5.89 Å². The Hall–Kier alpha value is -0.720. The first-order chi connectivity index (χ1) is 7.58. The van der Waals surface area contributed by atoms with Crippen molar-refractivity contribution in [3.05, 3.63) is 21.1 Å². The molecule has 2 rings (SSSR count). The van der Waals surface area contributed by atoms with E-state index in [0.29, 0.717) is 17.6 Å². The average molecular weight is 302 g/mol. The van der Waals surface area contributed by atoms with E-state index in [1.165, 1.54) is 0 Å². The van der Waals surface area contributed by atoms with Gasteiger partial charge in [-0.3, -0.25) is 0 Å². The number of aromatic nitrogens is 2. The monoisotopic (exact) mass is 301 g/mol. The van der Waals surface area contributed by atoms with Crippen molar-refractivity contribution in [1.82, 2.24) is 10.1 Å². The third-order valence-electron chi connectivity index (χ3n) is 2.27. The molecule has 0 amide bonds. The number of halogens is 1. The Morgan fingerprint density at radius 2 is 2.25 bits per heavy atom. The number of rotatable bonds is 3. The molecule has 2 N–H and O–H groups in total. The lowest BCUT2D eigenvalue weighted by atomic mass is 10.1. The summed E-state index contributed by atoms with van der Waals surface area (Å²) in [5, 5.41) is 5.86. The van der Waals surface area contributed by atoms with Crippen LogP contribution in [0.25, 0.3) is 11.5 Å². The second-order valence-corrected chi connectivity index (χ2v) is 6.16. The van der Waals surface area contributed by atoms with Crippen molar-refractivity contribution in [2.75, 3.05) is 0 Å². The molecule has 0 bridgehead atoms. The van der Waals surface area contributed by atoms with Gasteiger partial charge < -0.3 is 10.3 Å². The summed E-state index contributed by atoms with van der Waals surface area (Å²) in [5.41, 5.74) is 6.87. The highest BCUT2D eigenvalue weighted by Gasteiger charge is 2.18. The third kappa shape index (κ3) is 2.34. The van der Waals surface area contributed by atoms with E-state index in [-0.39, 0.29) is 6.04 Å². The molecule has 2 aromatic rings. The Bertz CT molecular complexity index is 480. The minimum Gasteiger partial charge on any atom is -0.334 e.